The molecule has 0 amide bonds. The van der Waals surface area contributed by atoms with Crippen LogP contribution in [0.1, 0.15) is 54.0 Å². The number of morpholine rings is 1. The fraction of sp³-hybridized carbons (Fsp3) is 0.318. The topological polar surface area (TPSA) is 49.4 Å². The summed E-state index contributed by atoms with van der Waals surface area (Å²) >= 11 is 0. The van der Waals surface area contributed by atoms with E-state index in [0.717, 1.165) is 96.7 Å². The molecule has 8 rings (SSSR count). The van der Waals surface area contributed by atoms with E-state index in [9.17, 15) is 0 Å². The summed E-state index contributed by atoms with van der Waals surface area (Å²) in [7, 11) is 5.30. The van der Waals surface area contributed by atoms with Crippen LogP contribution in [-0.2, 0) is 27.1 Å². The van der Waals surface area contributed by atoms with Gasteiger partial charge in [-0.15, -0.1) is 0 Å². The van der Waals surface area contributed by atoms with Crippen molar-refractivity contribution in [1.29, 1.82) is 0 Å². The first kappa shape index (κ1) is 32.4. The molecule has 0 aromatic heterocycles. The molecule has 1 saturated heterocycles. The number of hydrogen-bond donors (Lipinski definition) is 0. The summed E-state index contributed by atoms with van der Waals surface area (Å²) in [6.45, 7) is 5.50. The zero-order valence-electron chi connectivity index (χ0n) is 29.5. The van der Waals surface area contributed by atoms with E-state index in [1.807, 2.05) is 19.2 Å². The van der Waals surface area contributed by atoms with Gasteiger partial charge in [-0.05, 0) is 77.0 Å². The highest BCUT2D eigenvalue weighted by atomic mass is 16.5. The molecular weight excluding hydrogens is 622 g/mol. The van der Waals surface area contributed by atoms with Gasteiger partial charge in [-0.25, -0.2) is 0 Å². The van der Waals surface area contributed by atoms with Crippen LogP contribution in [0.2, 0.25) is 0 Å². The molecule has 3 aliphatic rings. The second kappa shape index (κ2) is 13.2. The molecule has 2 unspecified atom stereocenters. The van der Waals surface area contributed by atoms with E-state index >= 15 is 0 Å². The second-order valence-corrected chi connectivity index (χ2v) is 13.6. The maximum Gasteiger partial charge on any atom is 0.178 e. The Morgan fingerprint density at radius 2 is 1.48 bits per heavy atom. The zero-order valence-corrected chi connectivity index (χ0v) is 29.5. The molecular formula is C44H45NO5. The van der Waals surface area contributed by atoms with Crippen molar-refractivity contribution >= 4 is 22.5 Å². The van der Waals surface area contributed by atoms with Gasteiger partial charge in [0.05, 0.1) is 33.0 Å². The minimum atomic E-state index is -0.904. The van der Waals surface area contributed by atoms with Gasteiger partial charge in [0.2, 0.25) is 0 Å². The van der Waals surface area contributed by atoms with Gasteiger partial charge in [-0.2, -0.15) is 0 Å². The maximum absolute atomic E-state index is 7.59. The number of anilines is 1. The highest BCUT2D eigenvalue weighted by molar-refractivity contribution is 6.07. The number of hydrogen-bond acceptors (Lipinski definition) is 6. The molecule has 1 aliphatic carbocycles. The Labute approximate surface area is 295 Å². The third-order valence-corrected chi connectivity index (χ3v) is 11.0. The Bertz CT molecular complexity index is 2050. The van der Waals surface area contributed by atoms with Crippen LogP contribution in [0, 0.1) is 0 Å². The molecule has 0 bridgehead atoms. The van der Waals surface area contributed by atoms with Gasteiger partial charge >= 0.3 is 0 Å². The third-order valence-electron chi connectivity index (χ3n) is 11.0. The predicted molar refractivity (Wildman–Crippen MR) is 201 cm³/mol. The second-order valence-electron chi connectivity index (χ2n) is 13.6. The lowest BCUT2D eigenvalue weighted by molar-refractivity contribution is -0.0250. The average molecular weight is 668 g/mol. The molecule has 5 aromatic rings. The van der Waals surface area contributed by atoms with Crippen molar-refractivity contribution in [2.75, 3.05) is 52.5 Å². The standard InChI is InChI=1S/C44H45NO5/c1-5-6-22-43(48-4)29-30-9-7-8-10-36(30)40-37-20-19-35(47-3)28-39(37)42-38(41(40)43)21-23-44(50-42,32-13-17-34(46-2)18-14-32)31-11-15-33(16-12-31)45-24-26-49-27-25-45/h7-21,23,28H,5-6,22,24-27,29H2,1-4H3. The number of rotatable bonds is 9. The zero-order chi connectivity index (χ0) is 34.3. The van der Waals surface area contributed by atoms with Gasteiger partial charge < -0.3 is 28.6 Å². The van der Waals surface area contributed by atoms with Gasteiger partial charge in [-0.3, -0.25) is 0 Å². The SMILES string of the molecule is CCCCC1(OC)Cc2ccccc2-c2c1c1c(c3cc(OC)ccc23)OC(c2ccc(OC)cc2)(c2ccc(N3CCOCC3)cc2)C=C1. The van der Waals surface area contributed by atoms with E-state index in [1.54, 1.807) is 14.2 Å². The fourth-order valence-corrected chi connectivity index (χ4v) is 8.33. The van der Waals surface area contributed by atoms with Gasteiger partial charge in [0.15, 0.2) is 5.60 Å². The lowest BCUT2D eigenvalue weighted by atomic mass is 9.69. The average Bonchev–Trinajstić information content (AvgIpc) is 3.19. The monoisotopic (exact) mass is 667 g/mol. The summed E-state index contributed by atoms with van der Waals surface area (Å²) in [6.07, 6.45) is 8.40. The number of methoxy groups -OCH3 is 3. The number of fused-ring (bicyclic) bond motifs is 8. The minimum absolute atomic E-state index is 0.508. The Kier molecular flexibility index (Phi) is 8.54. The summed E-state index contributed by atoms with van der Waals surface area (Å²) in [4.78, 5) is 2.38. The molecule has 6 nitrogen and oxygen atoms in total. The van der Waals surface area contributed by atoms with Crippen LogP contribution in [0.4, 0.5) is 5.69 Å². The van der Waals surface area contributed by atoms with Crippen molar-refractivity contribution < 1.29 is 23.7 Å². The quantitative estimate of drug-likeness (QED) is 0.156. The Morgan fingerprint density at radius 3 is 2.18 bits per heavy atom. The van der Waals surface area contributed by atoms with Crippen molar-refractivity contribution in [1.82, 2.24) is 0 Å². The highest BCUT2D eigenvalue weighted by Gasteiger charge is 2.45. The Hall–Kier alpha value is -4.78. The molecule has 0 spiro atoms. The molecule has 2 aliphatic heterocycles. The van der Waals surface area contributed by atoms with Crippen molar-refractivity contribution in [2.24, 2.45) is 0 Å². The Morgan fingerprint density at radius 1 is 0.780 bits per heavy atom. The molecule has 2 atom stereocenters. The van der Waals surface area contributed by atoms with E-state index < -0.39 is 11.2 Å². The van der Waals surface area contributed by atoms with Gasteiger partial charge in [0.1, 0.15) is 17.2 Å². The molecule has 0 saturated carbocycles. The maximum atomic E-state index is 7.59. The summed E-state index contributed by atoms with van der Waals surface area (Å²) in [5, 5.41) is 2.15. The number of benzene rings is 5. The third kappa shape index (κ3) is 5.24. The van der Waals surface area contributed by atoms with E-state index in [1.165, 1.54) is 27.9 Å². The predicted octanol–water partition coefficient (Wildman–Crippen LogP) is 9.30. The van der Waals surface area contributed by atoms with Crippen LogP contribution >= 0.6 is 0 Å². The van der Waals surface area contributed by atoms with E-state index in [0.29, 0.717) is 0 Å². The molecule has 6 heteroatoms. The van der Waals surface area contributed by atoms with Crippen molar-refractivity contribution in [3.05, 3.63) is 125 Å². The first-order valence-corrected chi connectivity index (χ1v) is 17.8. The first-order chi connectivity index (χ1) is 24.5. The van der Waals surface area contributed by atoms with Crippen LogP contribution < -0.4 is 19.1 Å². The van der Waals surface area contributed by atoms with E-state index in [-0.39, 0.29) is 0 Å². The van der Waals surface area contributed by atoms with Crippen LogP contribution in [0.3, 0.4) is 0 Å². The number of nitrogens with zero attached hydrogens (tertiary/aromatic N) is 1. The van der Waals surface area contributed by atoms with Crippen LogP contribution in [0.25, 0.3) is 28.0 Å². The van der Waals surface area contributed by atoms with Crippen molar-refractivity contribution in [2.45, 2.75) is 43.8 Å². The normalized spacial score (nSPS) is 20.8. The van der Waals surface area contributed by atoms with Gasteiger partial charge in [0.25, 0.3) is 0 Å². The van der Waals surface area contributed by atoms with Crippen molar-refractivity contribution in [3.8, 4) is 28.4 Å². The summed E-state index contributed by atoms with van der Waals surface area (Å²) in [5.74, 6) is 2.43. The van der Waals surface area contributed by atoms with Crippen LogP contribution in [-0.4, -0.2) is 47.6 Å². The van der Waals surface area contributed by atoms with E-state index in [4.69, 9.17) is 23.7 Å². The molecule has 256 valence electrons. The summed E-state index contributed by atoms with van der Waals surface area (Å²) in [5.41, 5.74) is 7.90. The summed E-state index contributed by atoms with van der Waals surface area (Å²) in [6, 6.07) is 32.3. The molecule has 2 heterocycles. The summed E-state index contributed by atoms with van der Waals surface area (Å²) < 4.78 is 31.3. The first-order valence-electron chi connectivity index (χ1n) is 17.8. The van der Waals surface area contributed by atoms with Gasteiger partial charge in [-0.1, -0.05) is 74.4 Å². The smallest absolute Gasteiger partial charge is 0.178 e. The minimum Gasteiger partial charge on any atom is -0.497 e. The van der Waals surface area contributed by atoms with Crippen LogP contribution in [0.5, 0.6) is 17.2 Å². The fourth-order valence-electron chi connectivity index (χ4n) is 8.33. The molecule has 5 aromatic carbocycles. The molecule has 0 N–H and O–H groups in total. The molecule has 0 radical (unpaired) electrons. The van der Waals surface area contributed by atoms with Gasteiger partial charge in [0, 0.05) is 59.9 Å². The number of ether oxygens (including phenoxy) is 5. The lowest BCUT2D eigenvalue weighted by Crippen LogP contribution is -2.38. The van der Waals surface area contributed by atoms with Crippen molar-refractivity contribution in [3.63, 3.8) is 0 Å². The number of unbranched alkanes of at least 4 members (excludes halogenated alkanes) is 1. The highest BCUT2D eigenvalue weighted by Crippen LogP contribution is 2.57. The largest absolute Gasteiger partial charge is 0.497 e. The molecule has 50 heavy (non-hydrogen) atoms. The van der Waals surface area contributed by atoms with E-state index in [2.05, 4.69) is 103 Å². The lowest BCUT2D eigenvalue weighted by Gasteiger charge is -2.44. The molecule has 1 fully saturated rings. The van der Waals surface area contributed by atoms with Crippen LogP contribution in [0.15, 0.2) is 97.1 Å². The Balaban J connectivity index is 1.39.